The third-order valence-corrected chi connectivity index (χ3v) is 12.0. The van der Waals surface area contributed by atoms with Crippen molar-refractivity contribution in [1.29, 1.82) is 0 Å². The smallest absolute Gasteiger partial charge is 0.306 e. The number of rotatable bonds is 12. The maximum absolute atomic E-state index is 14.0. The Labute approximate surface area is 362 Å². The molecule has 4 heterocycles. The number of ether oxygens (including phenoxy) is 2. The van der Waals surface area contributed by atoms with Gasteiger partial charge in [-0.3, -0.25) is 19.2 Å². The number of H-pyrrole nitrogens is 2. The number of imidazole rings is 2. The summed E-state index contributed by atoms with van der Waals surface area (Å²) in [4.78, 5) is 72.1. The molecule has 4 atom stereocenters. The van der Waals surface area contributed by atoms with Gasteiger partial charge >= 0.3 is 11.9 Å². The van der Waals surface area contributed by atoms with Gasteiger partial charge in [0.2, 0.25) is 11.8 Å². The number of esters is 2. The predicted molar refractivity (Wildman–Crippen MR) is 235 cm³/mol. The summed E-state index contributed by atoms with van der Waals surface area (Å²) in [5.74, 6) is 11.6. The number of aromatic amines is 2. The average molecular weight is 833 g/mol. The van der Waals surface area contributed by atoms with Crippen LogP contribution in [0.1, 0.15) is 104 Å². The number of nitrogens with zero attached hydrogens (tertiary/aromatic N) is 4. The topological polar surface area (TPSA) is 151 Å². The van der Waals surface area contributed by atoms with Gasteiger partial charge in [0.15, 0.2) is 0 Å². The Morgan fingerprint density at radius 3 is 2.06 bits per heavy atom. The molecule has 2 amide bonds. The van der Waals surface area contributed by atoms with Crippen LogP contribution in [0.4, 0.5) is 0 Å². The number of methoxy groups -OCH3 is 2. The standard InChI is InChI=1S/C50H52N6O6/c1-32(2)39(28-45(57)61-4)49(59)55-25-14-22-44(55)48-52-31-42(54-48)36-24-23-35(40(27-36)38-20-12-9-15-33(38)3)18-10-11-19-37-30-51-47(53-37)43-21-13-26-56(43)50(60)41(29-46(58)62-5)34-16-7-6-8-17-34/h6-9,12,15-17,20,23-24,27,30-32,39,41,43-44H,13-14,21-22,25-26,28-29H2,1-5H3,(H,51,53)(H,52,54)/t39-,41+,43-,44-/m0/s1. The summed E-state index contributed by atoms with van der Waals surface area (Å²) in [6.07, 6.45) is 6.64. The highest BCUT2D eigenvalue weighted by atomic mass is 16.5. The molecular formula is C50H52N6O6. The number of aromatic nitrogens is 4. The van der Waals surface area contributed by atoms with Gasteiger partial charge in [-0.15, -0.1) is 0 Å². The van der Waals surface area contributed by atoms with Crippen molar-refractivity contribution >= 4 is 23.8 Å². The van der Waals surface area contributed by atoms with Crippen LogP contribution in [-0.4, -0.2) is 80.8 Å². The Morgan fingerprint density at radius 2 is 1.37 bits per heavy atom. The van der Waals surface area contributed by atoms with Gasteiger partial charge in [-0.05, 0) is 90.7 Å². The molecule has 2 saturated heterocycles. The fourth-order valence-electron chi connectivity index (χ4n) is 8.53. The monoisotopic (exact) mass is 832 g/mol. The first-order chi connectivity index (χ1) is 30.1. The van der Waals surface area contributed by atoms with Crippen molar-refractivity contribution < 1.29 is 28.7 Å². The maximum atomic E-state index is 14.0. The summed E-state index contributed by atoms with van der Waals surface area (Å²) < 4.78 is 9.83. The summed E-state index contributed by atoms with van der Waals surface area (Å²) in [6, 6.07) is 23.1. The molecule has 12 nitrogen and oxygen atoms in total. The van der Waals surface area contributed by atoms with E-state index in [4.69, 9.17) is 14.5 Å². The molecule has 7 rings (SSSR count). The van der Waals surface area contributed by atoms with E-state index < -0.39 is 17.8 Å². The van der Waals surface area contributed by atoms with Crippen molar-refractivity contribution in [2.75, 3.05) is 27.3 Å². The van der Waals surface area contributed by atoms with Gasteiger partial charge in [-0.1, -0.05) is 80.4 Å². The molecule has 2 N–H and O–H groups in total. The highest BCUT2D eigenvalue weighted by Gasteiger charge is 2.39. The molecule has 2 aliphatic heterocycles. The number of nitrogens with one attached hydrogen (secondary N) is 2. The minimum Gasteiger partial charge on any atom is -0.469 e. The first-order valence-electron chi connectivity index (χ1n) is 21.2. The van der Waals surface area contributed by atoms with Crippen LogP contribution in [-0.2, 0) is 28.7 Å². The first-order valence-corrected chi connectivity index (χ1v) is 21.2. The molecule has 5 aromatic rings. The number of amides is 2. The lowest BCUT2D eigenvalue weighted by Gasteiger charge is -2.29. The molecule has 3 aromatic carbocycles. The van der Waals surface area contributed by atoms with Crippen molar-refractivity contribution in [3.05, 3.63) is 119 Å². The number of aryl methyl sites for hydroxylation is 1. The lowest BCUT2D eigenvalue weighted by molar-refractivity contribution is -0.148. The highest BCUT2D eigenvalue weighted by Crippen LogP contribution is 2.37. The van der Waals surface area contributed by atoms with Gasteiger partial charge in [0.05, 0.1) is 69.1 Å². The van der Waals surface area contributed by atoms with Crippen LogP contribution >= 0.6 is 0 Å². The van der Waals surface area contributed by atoms with E-state index in [1.807, 2.05) is 79.5 Å². The Kier molecular flexibility index (Phi) is 13.7. The molecule has 0 spiro atoms. The van der Waals surface area contributed by atoms with Crippen molar-refractivity contribution in [2.24, 2.45) is 11.8 Å². The fourth-order valence-corrected chi connectivity index (χ4v) is 8.53. The molecule has 0 aliphatic carbocycles. The van der Waals surface area contributed by atoms with E-state index in [1.165, 1.54) is 14.2 Å². The van der Waals surface area contributed by atoms with Crippen LogP contribution < -0.4 is 0 Å². The molecule has 2 aliphatic rings. The van der Waals surface area contributed by atoms with E-state index in [9.17, 15) is 19.2 Å². The largest absolute Gasteiger partial charge is 0.469 e. The Bertz CT molecular complexity index is 2550. The summed E-state index contributed by atoms with van der Waals surface area (Å²) >= 11 is 0. The van der Waals surface area contributed by atoms with Crippen LogP contribution in [0.15, 0.2) is 85.2 Å². The van der Waals surface area contributed by atoms with Crippen LogP contribution in [0, 0.1) is 42.4 Å². The molecule has 0 saturated carbocycles. The van der Waals surface area contributed by atoms with E-state index in [0.29, 0.717) is 30.4 Å². The van der Waals surface area contributed by atoms with Crippen molar-refractivity contribution in [3.8, 4) is 46.1 Å². The van der Waals surface area contributed by atoms with Gasteiger partial charge < -0.3 is 29.2 Å². The van der Waals surface area contributed by atoms with Gasteiger partial charge in [0.1, 0.15) is 17.3 Å². The Morgan fingerprint density at radius 1 is 0.742 bits per heavy atom. The summed E-state index contributed by atoms with van der Waals surface area (Å²) in [7, 11) is 2.68. The highest BCUT2D eigenvalue weighted by molar-refractivity contribution is 5.89. The summed E-state index contributed by atoms with van der Waals surface area (Å²) in [6.45, 7) is 7.15. The van der Waals surface area contributed by atoms with E-state index in [2.05, 4.69) is 63.8 Å². The number of carbonyl (C=O) groups is 4. The second-order valence-corrected chi connectivity index (χ2v) is 16.2. The molecule has 0 bridgehead atoms. The number of benzene rings is 3. The number of hydrogen-bond acceptors (Lipinski definition) is 8. The molecule has 2 aromatic heterocycles. The summed E-state index contributed by atoms with van der Waals surface area (Å²) in [5.41, 5.74) is 6.98. The minimum atomic E-state index is -0.659. The zero-order chi connectivity index (χ0) is 43.8. The third kappa shape index (κ3) is 9.66. The predicted octanol–water partition coefficient (Wildman–Crippen LogP) is 7.69. The lowest BCUT2D eigenvalue weighted by atomic mass is 9.90. The molecule has 12 heteroatoms. The van der Waals surface area contributed by atoms with Crippen LogP contribution in [0.5, 0.6) is 0 Å². The van der Waals surface area contributed by atoms with Crippen LogP contribution in [0.2, 0.25) is 0 Å². The van der Waals surface area contributed by atoms with Gasteiger partial charge in [0.25, 0.3) is 0 Å². The van der Waals surface area contributed by atoms with Gasteiger partial charge in [-0.25, -0.2) is 9.97 Å². The molecule has 62 heavy (non-hydrogen) atoms. The molecule has 318 valence electrons. The first kappa shape index (κ1) is 43.2. The van der Waals surface area contributed by atoms with E-state index in [-0.39, 0.29) is 48.6 Å². The Hall–Kier alpha value is -6.92. The van der Waals surface area contributed by atoms with Crippen molar-refractivity contribution in [2.45, 2.75) is 77.3 Å². The maximum Gasteiger partial charge on any atom is 0.306 e. The number of likely N-dealkylation sites (tertiary alicyclic amines) is 2. The second-order valence-electron chi connectivity index (χ2n) is 16.2. The van der Waals surface area contributed by atoms with E-state index >= 15 is 0 Å². The van der Waals surface area contributed by atoms with Gasteiger partial charge in [0, 0.05) is 24.2 Å². The average Bonchev–Trinajstić information content (AvgIpc) is 4.14. The number of carbonyl (C=O) groups excluding carboxylic acids is 4. The fraction of sp³-hybridized carbons (Fsp3) is 0.360. The van der Waals surface area contributed by atoms with Crippen LogP contribution in [0.25, 0.3) is 22.4 Å². The van der Waals surface area contributed by atoms with Crippen molar-refractivity contribution in [1.82, 2.24) is 29.7 Å². The number of hydrogen-bond donors (Lipinski definition) is 2. The Balaban J connectivity index is 1.10. The van der Waals surface area contributed by atoms with Gasteiger partial charge in [-0.2, -0.15) is 0 Å². The summed E-state index contributed by atoms with van der Waals surface area (Å²) in [5, 5.41) is 0. The third-order valence-electron chi connectivity index (χ3n) is 12.0. The van der Waals surface area contributed by atoms with Crippen LogP contribution in [0.3, 0.4) is 0 Å². The van der Waals surface area contributed by atoms with E-state index in [1.54, 1.807) is 11.1 Å². The molecule has 2 fully saturated rings. The van der Waals surface area contributed by atoms with Crippen molar-refractivity contribution in [3.63, 3.8) is 0 Å². The zero-order valence-corrected chi connectivity index (χ0v) is 35.9. The zero-order valence-electron chi connectivity index (χ0n) is 35.9. The normalized spacial score (nSPS) is 16.8. The quantitative estimate of drug-likeness (QED) is 0.0960. The second kappa shape index (κ2) is 19.6. The lowest BCUT2D eigenvalue weighted by Crippen LogP contribution is -2.39. The molecule has 0 unspecified atom stereocenters. The van der Waals surface area contributed by atoms with E-state index in [0.717, 1.165) is 64.8 Å². The minimum absolute atomic E-state index is 0.0200. The SMILES string of the molecule is COC(=O)C[C@H](C(=O)N1CCC[C@H]1c1ncc(-c2ccc(C#CC#Cc3cnc([C@@H]4CCCN4C(=O)[C@H](CC(=O)OC)c4ccccc4)[nH]3)c(-c3ccccc3C)c2)[nH]1)C(C)C. The molecular weight excluding hydrogens is 781 g/mol. The molecule has 0 radical (unpaired) electrons.